The minimum Gasteiger partial charge on any atom is -0.301 e. The molecule has 0 unspecified atom stereocenters. The first-order valence-corrected chi connectivity index (χ1v) is 11.0. The molecule has 5 nitrogen and oxygen atoms in total. The number of fused-ring (bicyclic) bond motifs is 1. The molecule has 0 spiro atoms. The number of carbonyl (C=O) groups excluding carboxylic acids is 1. The number of carbonyl (C=O) groups is 1. The fourth-order valence-corrected chi connectivity index (χ4v) is 4.65. The Hall–Kier alpha value is -2.77. The second kappa shape index (κ2) is 8.71. The van der Waals surface area contributed by atoms with Gasteiger partial charge in [0.05, 0.1) is 5.75 Å². The first-order chi connectivity index (χ1) is 14.0. The summed E-state index contributed by atoms with van der Waals surface area (Å²) < 4.78 is 0. The number of rotatable bonds is 6. The van der Waals surface area contributed by atoms with Gasteiger partial charge < -0.3 is 5.32 Å². The molecule has 0 aliphatic rings. The zero-order valence-corrected chi connectivity index (χ0v) is 17.8. The first-order valence-electron chi connectivity index (χ1n) is 9.22. The summed E-state index contributed by atoms with van der Waals surface area (Å²) in [6.45, 7) is 3.84. The van der Waals surface area contributed by atoms with Crippen molar-refractivity contribution in [2.75, 3.05) is 11.1 Å². The summed E-state index contributed by atoms with van der Waals surface area (Å²) in [5.41, 5.74) is 3.03. The lowest BCUT2D eigenvalue weighted by Gasteiger charge is -2.03. The Kier molecular flexibility index (Phi) is 5.87. The molecule has 0 atom stereocenters. The van der Waals surface area contributed by atoms with Crippen LogP contribution in [0, 0.1) is 13.8 Å². The van der Waals surface area contributed by atoms with Gasteiger partial charge in [0, 0.05) is 28.9 Å². The Morgan fingerprint density at radius 3 is 2.59 bits per heavy atom. The van der Waals surface area contributed by atoms with Crippen LogP contribution in [0.25, 0.3) is 10.8 Å². The number of thioether (sulfide) groups is 1. The normalized spacial score (nSPS) is 11.0. The summed E-state index contributed by atoms with van der Waals surface area (Å²) >= 11 is 2.83. The van der Waals surface area contributed by atoms with Crippen LogP contribution < -0.4 is 5.32 Å². The SMILES string of the molecule is Cc1cc(C)nc(SCC(=O)Nc2ncc(Cc3ccc4ccccc4c3)s2)n1. The molecule has 0 aliphatic heterocycles. The van der Waals surface area contributed by atoms with Gasteiger partial charge in [-0.1, -0.05) is 54.2 Å². The highest BCUT2D eigenvalue weighted by Crippen LogP contribution is 2.24. The Morgan fingerprint density at radius 2 is 1.79 bits per heavy atom. The standard InChI is InChI=1S/C22H20N4OS2/c1-14-9-15(2)25-22(24-14)28-13-20(27)26-21-23-12-19(29-21)11-16-7-8-17-5-3-4-6-18(17)10-16/h3-10,12H,11,13H2,1-2H3,(H,23,26,27). The molecule has 7 heteroatoms. The molecule has 0 aliphatic carbocycles. The van der Waals surface area contributed by atoms with Gasteiger partial charge in [-0.05, 0) is 36.2 Å². The zero-order chi connectivity index (χ0) is 20.2. The zero-order valence-electron chi connectivity index (χ0n) is 16.2. The molecule has 1 amide bonds. The summed E-state index contributed by atoms with van der Waals surface area (Å²) in [5.74, 6) is 0.145. The van der Waals surface area contributed by atoms with Crippen LogP contribution in [0.2, 0.25) is 0 Å². The van der Waals surface area contributed by atoms with Gasteiger partial charge in [0.15, 0.2) is 10.3 Å². The average Bonchev–Trinajstić information content (AvgIpc) is 3.12. The maximum atomic E-state index is 12.2. The summed E-state index contributed by atoms with van der Waals surface area (Å²) in [5, 5.41) is 6.57. The van der Waals surface area contributed by atoms with Crippen molar-refractivity contribution in [2.24, 2.45) is 0 Å². The van der Waals surface area contributed by atoms with Gasteiger partial charge in [-0.25, -0.2) is 15.0 Å². The first kappa shape index (κ1) is 19.5. The third-order valence-electron chi connectivity index (χ3n) is 4.29. The van der Waals surface area contributed by atoms with Gasteiger partial charge in [0.25, 0.3) is 0 Å². The number of hydrogen-bond donors (Lipinski definition) is 1. The molecule has 2 aromatic carbocycles. The molecule has 0 saturated heterocycles. The van der Waals surface area contributed by atoms with Gasteiger partial charge in [0.1, 0.15) is 0 Å². The van der Waals surface area contributed by atoms with Crippen molar-refractivity contribution in [1.82, 2.24) is 15.0 Å². The van der Waals surface area contributed by atoms with Crippen LogP contribution in [0.5, 0.6) is 0 Å². The highest BCUT2D eigenvalue weighted by atomic mass is 32.2. The number of thiazole rings is 1. The monoisotopic (exact) mass is 420 g/mol. The van der Waals surface area contributed by atoms with Crippen LogP contribution in [0.3, 0.4) is 0 Å². The molecule has 2 aromatic heterocycles. The average molecular weight is 421 g/mol. The van der Waals surface area contributed by atoms with Crippen molar-refractivity contribution >= 4 is 44.9 Å². The molecule has 0 radical (unpaired) electrons. The van der Waals surface area contributed by atoms with Gasteiger partial charge in [0.2, 0.25) is 5.91 Å². The fourth-order valence-electron chi connectivity index (χ4n) is 3.04. The van der Waals surface area contributed by atoms with Gasteiger partial charge in [-0.3, -0.25) is 4.79 Å². The Bertz CT molecular complexity index is 1150. The molecule has 0 bridgehead atoms. The third-order valence-corrected chi connectivity index (χ3v) is 6.05. The molecule has 1 N–H and O–H groups in total. The molecular weight excluding hydrogens is 400 g/mol. The lowest BCUT2D eigenvalue weighted by molar-refractivity contribution is -0.113. The Balaban J connectivity index is 1.35. The van der Waals surface area contributed by atoms with E-state index in [1.54, 1.807) is 0 Å². The van der Waals surface area contributed by atoms with E-state index in [4.69, 9.17) is 0 Å². The minimum absolute atomic E-state index is 0.107. The number of aromatic nitrogens is 3. The number of nitrogens with zero attached hydrogens (tertiary/aromatic N) is 3. The van der Waals surface area contributed by atoms with E-state index in [0.29, 0.717) is 10.3 Å². The van der Waals surface area contributed by atoms with Crippen molar-refractivity contribution in [3.05, 3.63) is 76.6 Å². The molecule has 146 valence electrons. The number of amides is 1. The van der Waals surface area contributed by atoms with Crippen molar-refractivity contribution in [3.8, 4) is 0 Å². The van der Waals surface area contributed by atoms with Crippen molar-refractivity contribution in [2.45, 2.75) is 25.4 Å². The van der Waals surface area contributed by atoms with Crippen LogP contribution in [-0.2, 0) is 11.2 Å². The molecule has 4 aromatic rings. The molecule has 0 saturated carbocycles. The summed E-state index contributed by atoms with van der Waals surface area (Å²) in [7, 11) is 0. The maximum absolute atomic E-state index is 12.2. The smallest absolute Gasteiger partial charge is 0.236 e. The number of anilines is 1. The summed E-state index contributed by atoms with van der Waals surface area (Å²) in [4.78, 5) is 26.4. The maximum Gasteiger partial charge on any atom is 0.236 e. The lowest BCUT2D eigenvalue weighted by Crippen LogP contribution is -2.14. The largest absolute Gasteiger partial charge is 0.301 e. The molecule has 2 heterocycles. The number of hydrogen-bond acceptors (Lipinski definition) is 6. The van der Waals surface area contributed by atoms with Gasteiger partial charge in [-0.15, -0.1) is 11.3 Å². The molecule has 4 rings (SSSR count). The van der Waals surface area contributed by atoms with Gasteiger partial charge >= 0.3 is 0 Å². The van der Waals surface area contributed by atoms with Crippen LogP contribution >= 0.6 is 23.1 Å². The van der Waals surface area contributed by atoms with E-state index in [1.807, 2.05) is 38.2 Å². The number of benzene rings is 2. The van der Waals surface area contributed by atoms with E-state index in [-0.39, 0.29) is 11.7 Å². The van der Waals surface area contributed by atoms with Crippen LogP contribution in [0.15, 0.2) is 59.9 Å². The molecular formula is C22H20N4OS2. The fraction of sp³-hybridized carbons (Fsp3) is 0.182. The third kappa shape index (κ3) is 5.19. The number of nitrogens with one attached hydrogen (secondary N) is 1. The molecule has 29 heavy (non-hydrogen) atoms. The highest BCUT2D eigenvalue weighted by Gasteiger charge is 2.10. The topological polar surface area (TPSA) is 67.8 Å². The quantitative estimate of drug-likeness (QED) is 0.350. The Morgan fingerprint density at radius 1 is 1.03 bits per heavy atom. The predicted molar refractivity (Wildman–Crippen MR) is 120 cm³/mol. The Labute approximate surface area is 177 Å². The number of aryl methyl sites for hydroxylation is 2. The van der Waals surface area contributed by atoms with Crippen molar-refractivity contribution < 1.29 is 4.79 Å². The highest BCUT2D eigenvalue weighted by molar-refractivity contribution is 7.99. The van der Waals surface area contributed by atoms with Crippen LogP contribution in [0.4, 0.5) is 5.13 Å². The molecule has 0 fully saturated rings. The van der Waals surface area contributed by atoms with E-state index >= 15 is 0 Å². The van der Waals surface area contributed by atoms with Gasteiger partial charge in [-0.2, -0.15) is 0 Å². The predicted octanol–water partition coefficient (Wildman–Crippen LogP) is 5.02. The van der Waals surface area contributed by atoms with E-state index in [0.717, 1.165) is 22.7 Å². The van der Waals surface area contributed by atoms with Crippen molar-refractivity contribution in [1.29, 1.82) is 0 Å². The van der Waals surface area contributed by atoms with E-state index in [2.05, 4.69) is 50.6 Å². The van der Waals surface area contributed by atoms with E-state index in [9.17, 15) is 4.79 Å². The minimum atomic E-state index is -0.107. The van der Waals surface area contributed by atoms with Crippen molar-refractivity contribution in [3.63, 3.8) is 0 Å². The summed E-state index contributed by atoms with van der Waals surface area (Å²) in [6, 6.07) is 16.7. The second-order valence-corrected chi connectivity index (χ2v) is 8.82. The second-order valence-electron chi connectivity index (χ2n) is 6.76. The van der Waals surface area contributed by atoms with Crippen LogP contribution in [-0.4, -0.2) is 26.6 Å². The van der Waals surface area contributed by atoms with E-state index in [1.165, 1.54) is 39.4 Å². The summed E-state index contributed by atoms with van der Waals surface area (Å²) in [6.07, 6.45) is 2.62. The lowest BCUT2D eigenvalue weighted by atomic mass is 10.0. The van der Waals surface area contributed by atoms with E-state index < -0.39 is 0 Å². The van der Waals surface area contributed by atoms with Crippen LogP contribution in [0.1, 0.15) is 21.8 Å².